The predicted octanol–water partition coefficient (Wildman–Crippen LogP) is 7.15. The molecular weight excluding hydrogens is 488 g/mol. The zero-order valence-electron chi connectivity index (χ0n) is 21.1. The van der Waals surface area contributed by atoms with E-state index in [2.05, 4.69) is 30.7 Å². The van der Waals surface area contributed by atoms with Crippen LogP contribution in [0.2, 0.25) is 0 Å². The van der Waals surface area contributed by atoms with Gasteiger partial charge in [-0.05, 0) is 30.3 Å². The van der Waals surface area contributed by atoms with Crippen molar-refractivity contribution < 1.29 is 9.53 Å². The summed E-state index contributed by atoms with van der Waals surface area (Å²) in [6, 6.07) is 37.9. The summed E-state index contributed by atoms with van der Waals surface area (Å²) in [6.07, 6.45) is 0. The highest BCUT2D eigenvalue weighted by Crippen LogP contribution is 2.26. The fourth-order valence-electron chi connectivity index (χ4n) is 3.73. The normalized spacial score (nSPS) is 11.4. The largest absolute Gasteiger partial charge is 0.465 e. The minimum absolute atomic E-state index is 0.210. The molecule has 0 saturated heterocycles. The van der Waals surface area contributed by atoms with Crippen LogP contribution in [-0.2, 0) is 4.74 Å². The number of anilines is 1. The summed E-state index contributed by atoms with van der Waals surface area (Å²) in [5, 5.41) is 13.3. The second kappa shape index (κ2) is 12.2. The number of carbonyl (C=O) groups excluding carboxylic acids is 1. The summed E-state index contributed by atoms with van der Waals surface area (Å²) >= 11 is 0. The Bertz CT molecular complexity index is 1550. The molecule has 1 aromatic heterocycles. The van der Waals surface area contributed by atoms with Crippen molar-refractivity contribution in [2.45, 2.75) is 0 Å². The van der Waals surface area contributed by atoms with Crippen LogP contribution in [0.5, 0.6) is 0 Å². The molecule has 0 aliphatic heterocycles. The highest BCUT2D eigenvalue weighted by Gasteiger charge is 2.10. The summed E-state index contributed by atoms with van der Waals surface area (Å²) in [5.41, 5.74) is 8.21. The molecule has 1 N–H and O–H groups in total. The molecule has 39 heavy (non-hydrogen) atoms. The van der Waals surface area contributed by atoms with Gasteiger partial charge in [0.15, 0.2) is 0 Å². The lowest BCUT2D eigenvalue weighted by Crippen LogP contribution is -2.03. The van der Waals surface area contributed by atoms with Gasteiger partial charge >= 0.3 is 5.97 Å². The number of methoxy groups -OCH3 is 1. The lowest BCUT2D eigenvalue weighted by molar-refractivity contribution is 0.0600. The minimum Gasteiger partial charge on any atom is -0.465 e. The molecule has 5 rings (SSSR count). The molecule has 0 bridgehead atoms. The molecule has 0 unspecified atom stereocenters. The number of benzene rings is 4. The van der Waals surface area contributed by atoms with E-state index in [9.17, 15) is 4.79 Å². The highest BCUT2D eigenvalue weighted by molar-refractivity contribution is 5.99. The van der Waals surface area contributed by atoms with Crippen LogP contribution in [0.3, 0.4) is 0 Å². The molecule has 0 radical (unpaired) electrons. The first-order valence-electron chi connectivity index (χ1n) is 12.2. The smallest absolute Gasteiger partial charge is 0.337 e. The fourth-order valence-corrected chi connectivity index (χ4v) is 3.73. The van der Waals surface area contributed by atoms with Gasteiger partial charge in [0.2, 0.25) is 5.84 Å². The predicted molar refractivity (Wildman–Crippen MR) is 152 cm³/mol. The molecule has 0 saturated carbocycles. The van der Waals surface area contributed by atoms with E-state index in [1.807, 2.05) is 97.1 Å². The second-order valence-electron chi connectivity index (χ2n) is 8.35. The number of carbonyl (C=O) groups is 1. The van der Waals surface area contributed by atoms with Crippen LogP contribution in [0.4, 0.5) is 11.6 Å². The zero-order chi connectivity index (χ0) is 26.9. The number of aromatic nitrogens is 2. The maximum absolute atomic E-state index is 11.7. The Morgan fingerprint density at radius 3 is 1.77 bits per heavy atom. The van der Waals surface area contributed by atoms with Crippen molar-refractivity contribution in [3.8, 4) is 22.5 Å². The molecule has 0 fully saturated rings. The van der Waals surface area contributed by atoms with Gasteiger partial charge in [-0.3, -0.25) is 5.43 Å². The Kier molecular flexibility index (Phi) is 7.84. The van der Waals surface area contributed by atoms with Gasteiger partial charge in [-0.1, -0.05) is 91.0 Å². The summed E-state index contributed by atoms with van der Waals surface area (Å²) in [5.74, 6) is 0.139. The molecule has 0 amide bonds. The zero-order valence-corrected chi connectivity index (χ0v) is 21.1. The summed E-state index contributed by atoms with van der Waals surface area (Å²) in [7, 11) is 1.35. The van der Waals surface area contributed by atoms with Gasteiger partial charge in [0.25, 0.3) is 5.95 Å². The van der Waals surface area contributed by atoms with Crippen LogP contribution in [0.15, 0.2) is 137 Å². The second-order valence-corrected chi connectivity index (χ2v) is 8.35. The molecule has 0 atom stereocenters. The van der Waals surface area contributed by atoms with Crippen LogP contribution in [0.25, 0.3) is 22.5 Å². The first kappa shape index (κ1) is 25.2. The number of nitrogens with zero attached hydrogens (tertiary/aromatic N) is 5. The number of amidine groups is 1. The third-order valence-corrected chi connectivity index (χ3v) is 5.72. The Morgan fingerprint density at radius 1 is 0.692 bits per heavy atom. The summed E-state index contributed by atoms with van der Waals surface area (Å²) in [4.78, 5) is 21.0. The minimum atomic E-state index is -0.406. The molecule has 0 aliphatic rings. The number of nitrogens with one attached hydrogen (secondary N) is 1. The number of azo groups is 1. The maximum Gasteiger partial charge on any atom is 0.337 e. The lowest BCUT2D eigenvalue weighted by Gasteiger charge is -2.07. The number of rotatable bonds is 7. The third kappa shape index (κ3) is 6.44. The molecule has 190 valence electrons. The van der Waals surface area contributed by atoms with E-state index in [0.717, 1.165) is 28.1 Å². The summed E-state index contributed by atoms with van der Waals surface area (Å²) in [6.45, 7) is 0. The van der Waals surface area contributed by atoms with E-state index in [4.69, 9.17) is 4.74 Å². The Labute approximate surface area is 225 Å². The van der Waals surface area contributed by atoms with E-state index in [0.29, 0.717) is 17.1 Å². The third-order valence-electron chi connectivity index (χ3n) is 5.72. The standard InChI is InChI=1S/C31H24N6O2/c1-39-30(38)25-17-19-26(20-18-25)34-35-29(24-15-9-4-10-16-24)36-37-31-32-27(22-11-5-2-6-12-22)21-28(33-31)23-13-7-3-8-14-23/h2-21,34H,1H3. The van der Waals surface area contributed by atoms with Crippen molar-refractivity contribution >= 4 is 23.4 Å². The van der Waals surface area contributed by atoms with Gasteiger partial charge in [0.1, 0.15) is 0 Å². The van der Waals surface area contributed by atoms with Crippen molar-refractivity contribution in [1.29, 1.82) is 0 Å². The molecule has 4 aromatic carbocycles. The molecule has 0 spiro atoms. The Balaban J connectivity index is 1.49. The number of hydrazone groups is 1. The van der Waals surface area contributed by atoms with E-state index in [1.54, 1.807) is 24.3 Å². The Hall–Kier alpha value is -5.50. The lowest BCUT2D eigenvalue weighted by atomic mass is 10.1. The fraction of sp³-hybridized carbons (Fsp3) is 0.0323. The molecule has 8 heteroatoms. The number of hydrogen-bond acceptors (Lipinski definition) is 7. The number of hydrogen-bond donors (Lipinski definition) is 1. The van der Waals surface area contributed by atoms with Crippen molar-refractivity contribution in [1.82, 2.24) is 9.97 Å². The van der Waals surface area contributed by atoms with Gasteiger partial charge < -0.3 is 4.74 Å². The molecular formula is C31H24N6O2. The van der Waals surface area contributed by atoms with Gasteiger partial charge in [-0.2, -0.15) is 5.10 Å². The van der Waals surface area contributed by atoms with Gasteiger partial charge in [-0.25, -0.2) is 14.8 Å². The average molecular weight is 513 g/mol. The average Bonchev–Trinajstić information content (AvgIpc) is 3.02. The van der Waals surface area contributed by atoms with E-state index in [-0.39, 0.29) is 5.95 Å². The molecule has 0 aliphatic carbocycles. The van der Waals surface area contributed by atoms with Crippen LogP contribution < -0.4 is 5.43 Å². The van der Waals surface area contributed by atoms with Gasteiger partial charge in [0, 0.05) is 16.7 Å². The van der Waals surface area contributed by atoms with Crippen molar-refractivity contribution in [2.24, 2.45) is 15.3 Å². The van der Waals surface area contributed by atoms with Crippen LogP contribution in [0.1, 0.15) is 15.9 Å². The van der Waals surface area contributed by atoms with Gasteiger partial charge in [-0.15, -0.1) is 10.2 Å². The van der Waals surface area contributed by atoms with Crippen LogP contribution >= 0.6 is 0 Å². The van der Waals surface area contributed by atoms with E-state index >= 15 is 0 Å². The molecule has 8 nitrogen and oxygen atoms in total. The van der Waals surface area contributed by atoms with E-state index in [1.165, 1.54) is 7.11 Å². The maximum atomic E-state index is 11.7. The monoisotopic (exact) mass is 512 g/mol. The highest BCUT2D eigenvalue weighted by atomic mass is 16.5. The first-order valence-corrected chi connectivity index (χ1v) is 12.2. The SMILES string of the molecule is COC(=O)c1ccc(NN=C(N=Nc2nc(-c3ccccc3)cc(-c3ccccc3)n2)c2ccccc2)cc1. The molecule has 1 heterocycles. The number of esters is 1. The van der Waals surface area contributed by atoms with E-state index < -0.39 is 5.97 Å². The van der Waals surface area contributed by atoms with Crippen LogP contribution in [0, 0.1) is 0 Å². The topological polar surface area (TPSA) is 101 Å². The summed E-state index contributed by atoms with van der Waals surface area (Å²) < 4.78 is 4.75. The first-order chi connectivity index (χ1) is 19.2. The van der Waals surface area contributed by atoms with Crippen molar-refractivity contribution in [3.05, 3.63) is 132 Å². The van der Waals surface area contributed by atoms with Crippen LogP contribution in [-0.4, -0.2) is 28.9 Å². The Morgan fingerprint density at radius 2 is 1.23 bits per heavy atom. The molecule has 5 aromatic rings. The van der Waals surface area contributed by atoms with Crippen molar-refractivity contribution in [2.75, 3.05) is 12.5 Å². The van der Waals surface area contributed by atoms with Crippen molar-refractivity contribution in [3.63, 3.8) is 0 Å². The van der Waals surface area contributed by atoms with Gasteiger partial charge in [0.05, 0.1) is 29.7 Å². The number of ether oxygens (including phenoxy) is 1. The quantitative estimate of drug-likeness (QED) is 0.0820.